The summed E-state index contributed by atoms with van der Waals surface area (Å²) in [4.78, 5) is 12.6. The highest BCUT2D eigenvalue weighted by atomic mass is 19.1. The van der Waals surface area contributed by atoms with Crippen LogP contribution < -0.4 is 5.56 Å². The number of hydrogen-bond acceptors (Lipinski definition) is 5. The van der Waals surface area contributed by atoms with Crippen molar-refractivity contribution in [1.29, 1.82) is 0 Å². The van der Waals surface area contributed by atoms with Crippen LogP contribution in [0.25, 0.3) is 11.0 Å². The summed E-state index contributed by atoms with van der Waals surface area (Å²) in [6.07, 6.45) is 2.83. The number of benzene rings is 1. The molecule has 25 heavy (non-hydrogen) atoms. The van der Waals surface area contributed by atoms with Gasteiger partial charge in [0.15, 0.2) is 5.52 Å². The van der Waals surface area contributed by atoms with Crippen LogP contribution in [0.1, 0.15) is 24.4 Å². The lowest BCUT2D eigenvalue weighted by molar-refractivity contribution is 0.0641. The Hall–Kier alpha value is -2.68. The maximum Gasteiger partial charge on any atom is 0.298 e. The van der Waals surface area contributed by atoms with Crippen molar-refractivity contribution in [1.82, 2.24) is 24.8 Å². The van der Waals surface area contributed by atoms with Gasteiger partial charge in [-0.25, -0.2) is 13.5 Å². The molecule has 1 aromatic carbocycles. The largest absolute Gasteiger partial charge is 0.381 e. The number of halogens is 2. The molecule has 0 N–H and O–H groups in total. The summed E-state index contributed by atoms with van der Waals surface area (Å²) in [5.41, 5.74) is -0.0408. The van der Waals surface area contributed by atoms with Gasteiger partial charge < -0.3 is 4.74 Å². The van der Waals surface area contributed by atoms with Crippen LogP contribution in [-0.4, -0.2) is 38.0 Å². The molecule has 0 radical (unpaired) electrons. The second kappa shape index (κ2) is 6.32. The molecule has 9 heteroatoms. The van der Waals surface area contributed by atoms with Crippen molar-refractivity contribution in [2.45, 2.75) is 25.4 Å². The van der Waals surface area contributed by atoms with Crippen LogP contribution in [0.3, 0.4) is 0 Å². The van der Waals surface area contributed by atoms with E-state index in [4.69, 9.17) is 4.74 Å². The highest BCUT2D eigenvalue weighted by Crippen LogP contribution is 2.19. The first-order valence-corrected chi connectivity index (χ1v) is 7.97. The molecule has 3 aromatic rings. The van der Waals surface area contributed by atoms with Crippen molar-refractivity contribution in [2.75, 3.05) is 13.2 Å². The maximum atomic E-state index is 13.8. The van der Waals surface area contributed by atoms with Gasteiger partial charge in [-0.05, 0) is 25.0 Å². The SMILES string of the molecule is O=c1c2nn(Cc3c(F)cccc3F)cc2nnn1C1CCOCC1. The normalized spacial score (nSPS) is 15.8. The van der Waals surface area contributed by atoms with E-state index in [1.54, 1.807) is 0 Å². The van der Waals surface area contributed by atoms with Crippen LogP contribution >= 0.6 is 0 Å². The van der Waals surface area contributed by atoms with Crippen LogP contribution in [-0.2, 0) is 11.3 Å². The predicted octanol–water partition coefficient (Wildman–Crippen LogP) is 1.67. The molecule has 0 saturated carbocycles. The minimum atomic E-state index is -0.662. The Morgan fingerprint density at radius 2 is 1.92 bits per heavy atom. The summed E-state index contributed by atoms with van der Waals surface area (Å²) in [6.45, 7) is 1.00. The van der Waals surface area contributed by atoms with Gasteiger partial charge in [0.1, 0.15) is 17.2 Å². The lowest BCUT2D eigenvalue weighted by Crippen LogP contribution is -2.32. The van der Waals surface area contributed by atoms with E-state index in [1.165, 1.54) is 33.8 Å². The maximum absolute atomic E-state index is 13.8. The van der Waals surface area contributed by atoms with Crippen molar-refractivity contribution in [2.24, 2.45) is 0 Å². The molecule has 0 amide bonds. The predicted molar refractivity (Wildman–Crippen MR) is 84.1 cm³/mol. The molecule has 2 aromatic heterocycles. The van der Waals surface area contributed by atoms with Crippen LogP contribution in [0.4, 0.5) is 8.78 Å². The number of nitrogens with zero attached hydrogens (tertiary/aromatic N) is 5. The van der Waals surface area contributed by atoms with Gasteiger partial charge in [-0.1, -0.05) is 11.3 Å². The number of fused-ring (bicyclic) bond motifs is 1. The summed E-state index contributed by atoms with van der Waals surface area (Å²) in [5.74, 6) is -1.32. The molecule has 1 aliphatic heterocycles. The molecule has 1 aliphatic rings. The summed E-state index contributed by atoms with van der Waals surface area (Å²) >= 11 is 0. The topological polar surface area (TPSA) is 74.8 Å². The molecule has 0 spiro atoms. The summed E-state index contributed by atoms with van der Waals surface area (Å²) in [5, 5.41) is 12.2. The number of ether oxygens (including phenoxy) is 1. The number of aromatic nitrogens is 5. The zero-order valence-corrected chi connectivity index (χ0v) is 13.2. The quantitative estimate of drug-likeness (QED) is 0.720. The van der Waals surface area contributed by atoms with E-state index in [0.717, 1.165) is 0 Å². The monoisotopic (exact) mass is 347 g/mol. The van der Waals surface area contributed by atoms with E-state index in [1.807, 2.05) is 0 Å². The van der Waals surface area contributed by atoms with Crippen molar-refractivity contribution in [3.05, 3.63) is 51.9 Å². The summed E-state index contributed by atoms with van der Waals surface area (Å²) in [6, 6.07) is 3.58. The van der Waals surface area contributed by atoms with E-state index in [2.05, 4.69) is 15.4 Å². The highest BCUT2D eigenvalue weighted by Gasteiger charge is 2.21. The molecule has 7 nitrogen and oxygen atoms in total. The standard InChI is InChI=1S/C16H15F2N5O2/c17-12-2-1-3-13(18)11(12)8-22-9-14-15(20-22)16(24)23(21-19-14)10-4-6-25-7-5-10/h1-3,9-10H,4-8H2. The van der Waals surface area contributed by atoms with Gasteiger partial charge in [0.05, 0.1) is 18.8 Å². The second-order valence-electron chi connectivity index (χ2n) is 5.94. The highest BCUT2D eigenvalue weighted by molar-refractivity contribution is 5.71. The molecular weight excluding hydrogens is 332 g/mol. The van der Waals surface area contributed by atoms with E-state index >= 15 is 0 Å². The van der Waals surface area contributed by atoms with Crippen molar-refractivity contribution in [3.8, 4) is 0 Å². The van der Waals surface area contributed by atoms with Crippen LogP contribution in [0.2, 0.25) is 0 Å². The third kappa shape index (κ3) is 2.91. The van der Waals surface area contributed by atoms with Gasteiger partial charge >= 0.3 is 0 Å². The molecule has 130 valence electrons. The van der Waals surface area contributed by atoms with Gasteiger partial charge in [0.2, 0.25) is 0 Å². The molecule has 3 heterocycles. The Morgan fingerprint density at radius 3 is 2.64 bits per heavy atom. The Morgan fingerprint density at radius 1 is 1.20 bits per heavy atom. The fraction of sp³-hybridized carbons (Fsp3) is 0.375. The first kappa shape index (κ1) is 15.8. The summed E-state index contributed by atoms with van der Waals surface area (Å²) < 4.78 is 35.5. The van der Waals surface area contributed by atoms with Crippen LogP contribution in [0, 0.1) is 11.6 Å². The summed E-state index contributed by atoms with van der Waals surface area (Å²) in [7, 11) is 0. The van der Waals surface area contributed by atoms with Crippen LogP contribution in [0.15, 0.2) is 29.2 Å². The van der Waals surface area contributed by atoms with E-state index < -0.39 is 11.6 Å². The Balaban J connectivity index is 1.71. The third-order valence-electron chi connectivity index (χ3n) is 4.32. The van der Waals surface area contributed by atoms with Crippen molar-refractivity contribution in [3.63, 3.8) is 0 Å². The van der Waals surface area contributed by atoms with Crippen molar-refractivity contribution < 1.29 is 13.5 Å². The van der Waals surface area contributed by atoms with Gasteiger partial charge in [-0.15, -0.1) is 5.10 Å². The molecule has 0 bridgehead atoms. The number of rotatable bonds is 3. The molecule has 1 fully saturated rings. The third-order valence-corrected chi connectivity index (χ3v) is 4.32. The molecule has 1 saturated heterocycles. The second-order valence-corrected chi connectivity index (χ2v) is 5.94. The first-order chi connectivity index (χ1) is 12.1. The van der Waals surface area contributed by atoms with E-state index in [0.29, 0.717) is 31.6 Å². The Labute approximate surface area is 140 Å². The van der Waals surface area contributed by atoms with Gasteiger partial charge in [0, 0.05) is 18.8 Å². The fourth-order valence-electron chi connectivity index (χ4n) is 2.98. The molecule has 0 atom stereocenters. The first-order valence-electron chi connectivity index (χ1n) is 7.97. The molecule has 4 rings (SSSR count). The molecular formula is C16H15F2N5O2. The smallest absolute Gasteiger partial charge is 0.298 e. The van der Waals surface area contributed by atoms with Crippen molar-refractivity contribution >= 4 is 11.0 Å². The Kier molecular flexibility index (Phi) is 4.00. The lowest BCUT2D eigenvalue weighted by Gasteiger charge is -2.21. The lowest BCUT2D eigenvalue weighted by atomic mass is 10.1. The number of hydrogen-bond donors (Lipinski definition) is 0. The average Bonchev–Trinajstić information content (AvgIpc) is 3.03. The van der Waals surface area contributed by atoms with E-state index in [9.17, 15) is 13.6 Å². The molecule has 0 aliphatic carbocycles. The fourth-order valence-corrected chi connectivity index (χ4v) is 2.98. The minimum absolute atomic E-state index is 0.0766. The van der Waals surface area contributed by atoms with E-state index in [-0.39, 0.29) is 29.2 Å². The zero-order valence-electron chi connectivity index (χ0n) is 13.2. The molecule has 0 unspecified atom stereocenters. The minimum Gasteiger partial charge on any atom is -0.381 e. The Bertz CT molecular complexity index is 958. The average molecular weight is 347 g/mol. The van der Waals surface area contributed by atoms with Gasteiger partial charge in [-0.3, -0.25) is 9.48 Å². The van der Waals surface area contributed by atoms with Gasteiger partial charge in [0.25, 0.3) is 5.56 Å². The zero-order chi connectivity index (χ0) is 17.4. The van der Waals surface area contributed by atoms with Crippen LogP contribution in [0.5, 0.6) is 0 Å². The van der Waals surface area contributed by atoms with Gasteiger partial charge in [-0.2, -0.15) is 5.10 Å².